The molecule has 4 heteroatoms. The molecule has 1 aliphatic rings. The van der Waals surface area contributed by atoms with Crippen molar-refractivity contribution in [2.45, 2.75) is 39.2 Å². The minimum absolute atomic E-state index is 0.201. The molecule has 0 aromatic heterocycles. The van der Waals surface area contributed by atoms with Crippen LogP contribution in [0.4, 0.5) is 0 Å². The highest BCUT2D eigenvalue weighted by Crippen LogP contribution is 2.20. The SMILES string of the molecule is CCCN(C(=O)c1cc(C)ccc1I)C1CCNCC1. The summed E-state index contributed by atoms with van der Waals surface area (Å²) in [6.45, 7) is 7.07. The van der Waals surface area contributed by atoms with E-state index in [1.807, 2.05) is 19.1 Å². The maximum absolute atomic E-state index is 12.9. The highest BCUT2D eigenvalue weighted by atomic mass is 127. The molecule has 3 nitrogen and oxygen atoms in total. The minimum atomic E-state index is 0.201. The average Bonchev–Trinajstić information content (AvgIpc) is 2.47. The van der Waals surface area contributed by atoms with E-state index in [-0.39, 0.29) is 5.91 Å². The highest BCUT2D eigenvalue weighted by molar-refractivity contribution is 14.1. The molecule has 1 heterocycles. The first-order valence-corrected chi connectivity index (χ1v) is 8.49. The number of carbonyl (C=O) groups excluding carboxylic acids is 1. The van der Waals surface area contributed by atoms with E-state index >= 15 is 0 Å². The number of nitrogens with zero attached hydrogens (tertiary/aromatic N) is 1. The smallest absolute Gasteiger partial charge is 0.255 e. The van der Waals surface area contributed by atoms with Crippen LogP contribution in [-0.4, -0.2) is 36.5 Å². The lowest BCUT2D eigenvalue weighted by Gasteiger charge is -2.35. The van der Waals surface area contributed by atoms with E-state index in [4.69, 9.17) is 0 Å². The Balaban J connectivity index is 2.23. The van der Waals surface area contributed by atoms with Gasteiger partial charge in [0.1, 0.15) is 0 Å². The lowest BCUT2D eigenvalue weighted by atomic mass is 10.0. The number of amides is 1. The number of benzene rings is 1. The molecule has 0 aliphatic carbocycles. The number of aryl methyl sites for hydroxylation is 1. The lowest BCUT2D eigenvalue weighted by molar-refractivity contribution is 0.0641. The predicted octanol–water partition coefficient (Wildman–Crippen LogP) is 3.20. The number of rotatable bonds is 4. The Morgan fingerprint density at radius 2 is 2.10 bits per heavy atom. The molecule has 0 atom stereocenters. The van der Waals surface area contributed by atoms with Crippen molar-refractivity contribution in [3.05, 3.63) is 32.9 Å². The van der Waals surface area contributed by atoms with Gasteiger partial charge in [0.25, 0.3) is 5.91 Å². The fourth-order valence-electron chi connectivity index (χ4n) is 2.77. The second kappa shape index (κ2) is 7.41. The number of carbonyl (C=O) groups is 1. The summed E-state index contributed by atoms with van der Waals surface area (Å²) < 4.78 is 1.05. The molecule has 0 bridgehead atoms. The van der Waals surface area contributed by atoms with Crippen LogP contribution in [0.5, 0.6) is 0 Å². The van der Waals surface area contributed by atoms with Gasteiger partial charge in [0, 0.05) is 16.2 Å². The molecule has 0 saturated carbocycles. The maximum Gasteiger partial charge on any atom is 0.255 e. The Morgan fingerprint density at radius 1 is 1.40 bits per heavy atom. The fraction of sp³-hybridized carbons (Fsp3) is 0.562. The fourth-order valence-corrected chi connectivity index (χ4v) is 3.33. The van der Waals surface area contributed by atoms with Gasteiger partial charge in [-0.3, -0.25) is 4.79 Å². The minimum Gasteiger partial charge on any atom is -0.336 e. The Morgan fingerprint density at radius 3 is 2.75 bits per heavy atom. The molecule has 1 aromatic carbocycles. The lowest BCUT2D eigenvalue weighted by Crippen LogP contribution is -2.46. The number of halogens is 1. The van der Waals surface area contributed by atoms with Gasteiger partial charge >= 0.3 is 0 Å². The average molecular weight is 386 g/mol. The third-order valence-electron chi connectivity index (χ3n) is 3.83. The van der Waals surface area contributed by atoms with Gasteiger partial charge < -0.3 is 10.2 Å². The first kappa shape index (κ1) is 15.8. The van der Waals surface area contributed by atoms with Gasteiger partial charge in [-0.1, -0.05) is 18.6 Å². The molecule has 1 N–H and O–H groups in total. The summed E-state index contributed by atoms with van der Waals surface area (Å²) in [5, 5.41) is 3.37. The van der Waals surface area contributed by atoms with Crippen LogP contribution in [0.25, 0.3) is 0 Å². The van der Waals surface area contributed by atoms with Crippen molar-refractivity contribution in [1.29, 1.82) is 0 Å². The van der Waals surface area contributed by atoms with Gasteiger partial charge in [-0.05, 0) is 74.0 Å². The van der Waals surface area contributed by atoms with Crippen molar-refractivity contribution in [3.63, 3.8) is 0 Å². The summed E-state index contributed by atoms with van der Waals surface area (Å²) in [7, 11) is 0. The van der Waals surface area contributed by atoms with E-state index < -0.39 is 0 Å². The summed E-state index contributed by atoms with van der Waals surface area (Å²) in [6.07, 6.45) is 3.14. The molecule has 1 fully saturated rings. The van der Waals surface area contributed by atoms with Crippen LogP contribution < -0.4 is 5.32 Å². The second-order valence-electron chi connectivity index (χ2n) is 5.46. The van der Waals surface area contributed by atoms with Crippen molar-refractivity contribution < 1.29 is 4.79 Å². The van der Waals surface area contributed by atoms with Gasteiger partial charge in [-0.15, -0.1) is 0 Å². The molecule has 0 unspecified atom stereocenters. The maximum atomic E-state index is 12.9. The van der Waals surface area contributed by atoms with Gasteiger partial charge in [0.15, 0.2) is 0 Å². The van der Waals surface area contributed by atoms with Gasteiger partial charge in [-0.2, -0.15) is 0 Å². The largest absolute Gasteiger partial charge is 0.336 e. The van der Waals surface area contributed by atoms with Crippen molar-refractivity contribution >= 4 is 28.5 Å². The number of hydrogen-bond acceptors (Lipinski definition) is 2. The van der Waals surface area contributed by atoms with Crippen LogP contribution in [0.3, 0.4) is 0 Å². The summed E-state index contributed by atoms with van der Waals surface area (Å²) in [5.74, 6) is 0.201. The van der Waals surface area contributed by atoms with Crippen LogP contribution in [0.2, 0.25) is 0 Å². The summed E-state index contributed by atoms with van der Waals surface area (Å²) >= 11 is 2.27. The summed E-state index contributed by atoms with van der Waals surface area (Å²) in [4.78, 5) is 15.0. The zero-order chi connectivity index (χ0) is 14.5. The molecule has 110 valence electrons. The molecule has 1 saturated heterocycles. The molecule has 1 amide bonds. The third kappa shape index (κ3) is 3.73. The molecule has 0 radical (unpaired) electrons. The van der Waals surface area contributed by atoms with E-state index in [1.165, 1.54) is 0 Å². The zero-order valence-electron chi connectivity index (χ0n) is 12.3. The second-order valence-corrected chi connectivity index (χ2v) is 6.63. The van der Waals surface area contributed by atoms with E-state index in [0.717, 1.165) is 53.6 Å². The van der Waals surface area contributed by atoms with Gasteiger partial charge in [0.05, 0.1) is 5.56 Å². The Hall–Kier alpha value is -0.620. The molecule has 2 rings (SSSR count). The number of piperidine rings is 1. The van der Waals surface area contributed by atoms with E-state index in [2.05, 4.69) is 45.8 Å². The third-order valence-corrected chi connectivity index (χ3v) is 4.77. The van der Waals surface area contributed by atoms with Crippen LogP contribution in [0.1, 0.15) is 42.1 Å². The normalized spacial score (nSPS) is 16.1. The highest BCUT2D eigenvalue weighted by Gasteiger charge is 2.26. The van der Waals surface area contributed by atoms with Crippen molar-refractivity contribution in [2.24, 2.45) is 0 Å². The van der Waals surface area contributed by atoms with Crippen LogP contribution in [0.15, 0.2) is 18.2 Å². The van der Waals surface area contributed by atoms with Crippen molar-refractivity contribution in [2.75, 3.05) is 19.6 Å². The van der Waals surface area contributed by atoms with Gasteiger partial charge in [-0.25, -0.2) is 0 Å². The van der Waals surface area contributed by atoms with E-state index in [1.54, 1.807) is 0 Å². The van der Waals surface area contributed by atoms with E-state index in [9.17, 15) is 4.79 Å². The van der Waals surface area contributed by atoms with Crippen molar-refractivity contribution in [1.82, 2.24) is 10.2 Å². The summed E-state index contributed by atoms with van der Waals surface area (Å²) in [5.41, 5.74) is 2.01. The molecule has 1 aliphatic heterocycles. The van der Waals surface area contributed by atoms with Crippen LogP contribution in [0, 0.1) is 10.5 Å². The first-order valence-electron chi connectivity index (χ1n) is 7.41. The first-order chi connectivity index (χ1) is 9.63. The molecular formula is C16H23IN2O. The Labute approximate surface area is 135 Å². The standard InChI is InChI=1S/C16H23IN2O/c1-3-10-19(13-6-8-18-9-7-13)16(20)14-11-12(2)4-5-15(14)17/h4-5,11,13,18H,3,6-10H2,1-2H3. The van der Waals surface area contributed by atoms with Crippen LogP contribution >= 0.6 is 22.6 Å². The topological polar surface area (TPSA) is 32.3 Å². The molecule has 0 spiro atoms. The molecular weight excluding hydrogens is 363 g/mol. The number of hydrogen-bond donors (Lipinski definition) is 1. The monoisotopic (exact) mass is 386 g/mol. The number of nitrogens with one attached hydrogen (secondary N) is 1. The van der Waals surface area contributed by atoms with Crippen molar-refractivity contribution in [3.8, 4) is 0 Å². The summed E-state index contributed by atoms with van der Waals surface area (Å²) in [6, 6.07) is 6.51. The Kier molecular flexibility index (Phi) is 5.84. The molecule has 20 heavy (non-hydrogen) atoms. The quantitative estimate of drug-likeness (QED) is 0.807. The predicted molar refractivity (Wildman–Crippen MR) is 91.1 cm³/mol. The van der Waals surface area contributed by atoms with E-state index in [0.29, 0.717) is 6.04 Å². The van der Waals surface area contributed by atoms with Crippen LogP contribution in [-0.2, 0) is 0 Å². The van der Waals surface area contributed by atoms with Gasteiger partial charge in [0.2, 0.25) is 0 Å². The molecule has 1 aromatic rings. The zero-order valence-corrected chi connectivity index (χ0v) is 14.4. The Bertz CT molecular complexity index is 470.